The van der Waals surface area contributed by atoms with E-state index in [1.807, 2.05) is 0 Å². The first-order valence-corrected chi connectivity index (χ1v) is 6.08. The van der Waals surface area contributed by atoms with Crippen molar-refractivity contribution < 1.29 is 9.90 Å². The largest absolute Gasteiger partial charge is 0.388 e. The Hall–Kier alpha value is -0.610. The van der Waals surface area contributed by atoms with Crippen LogP contribution in [0.4, 0.5) is 0 Å². The van der Waals surface area contributed by atoms with E-state index in [0.29, 0.717) is 18.9 Å². The third-order valence-corrected chi connectivity index (χ3v) is 3.03. The zero-order valence-electron chi connectivity index (χ0n) is 10.6. The zero-order chi connectivity index (χ0) is 12.3. The molecule has 1 fully saturated rings. The molecule has 1 aliphatic rings. The summed E-state index contributed by atoms with van der Waals surface area (Å²) in [4.78, 5) is 13.7. The molecule has 0 bridgehead atoms. The van der Waals surface area contributed by atoms with Crippen LogP contribution >= 0.6 is 0 Å². The lowest BCUT2D eigenvalue weighted by Gasteiger charge is -2.38. The molecule has 0 radical (unpaired) electrons. The zero-order valence-corrected chi connectivity index (χ0v) is 10.6. The lowest BCUT2D eigenvalue weighted by atomic mass is 9.94. The van der Waals surface area contributed by atoms with E-state index >= 15 is 0 Å². The minimum absolute atomic E-state index is 0.0197. The lowest BCUT2D eigenvalue weighted by molar-refractivity contribution is -0.139. The quantitative estimate of drug-likeness (QED) is 0.748. The Morgan fingerprint density at radius 2 is 2.19 bits per heavy atom. The van der Waals surface area contributed by atoms with E-state index in [1.165, 1.54) is 0 Å². The summed E-state index contributed by atoms with van der Waals surface area (Å²) in [5, 5.41) is 9.92. The molecule has 0 spiro atoms. The van der Waals surface area contributed by atoms with Crippen LogP contribution < -0.4 is 5.73 Å². The smallest absolute Gasteiger partial charge is 0.239 e. The maximum absolute atomic E-state index is 12.0. The lowest BCUT2D eigenvalue weighted by Crippen LogP contribution is -2.53. The monoisotopic (exact) mass is 228 g/mol. The number of hydrogen-bond donors (Lipinski definition) is 2. The van der Waals surface area contributed by atoms with Crippen LogP contribution in [0.1, 0.15) is 40.0 Å². The first-order chi connectivity index (χ1) is 7.32. The number of carbonyl (C=O) groups is 1. The summed E-state index contributed by atoms with van der Waals surface area (Å²) in [6, 6.07) is -0.422. The Kier molecular flexibility index (Phi) is 4.33. The van der Waals surface area contributed by atoms with Crippen LogP contribution in [0.15, 0.2) is 0 Å². The summed E-state index contributed by atoms with van der Waals surface area (Å²) in [5.74, 6) is 0.401. The standard InChI is InChI=1S/C12H24N2O2/c1-9(2)7-10(13)11(15)14-6-4-5-12(3,16)8-14/h9-10,16H,4-8,13H2,1-3H3/t10-,12?/m0/s1. The van der Waals surface area contributed by atoms with Gasteiger partial charge < -0.3 is 15.7 Å². The molecule has 0 aromatic carbocycles. The van der Waals surface area contributed by atoms with Gasteiger partial charge in [-0.15, -0.1) is 0 Å². The van der Waals surface area contributed by atoms with Crippen LogP contribution in [0, 0.1) is 5.92 Å². The van der Waals surface area contributed by atoms with Crippen molar-refractivity contribution >= 4 is 5.91 Å². The summed E-state index contributed by atoms with van der Waals surface area (Å²) < 4.78 is 0. The molecule has 0 aromatic rings. The van der Waals surface area contributed by atoms with Crippen molar-refractivity contribution in [3.05, 3.63) is 0 Å². The number of hydrogen-bond acceptors (Lipinski definition) is 3. The molecule has 1 unspecified atom stereocenters. The van der Waals surface area contributed by atoms with Crippen molar-refractivity contribution in [2.75, 3.05) is 13.1 Å². The third kappa shape index (κ3) is 3.76. The fraction of sp³-hybridized carbons (Fsp3) is 0.917. The molecule has 2 atom stereocenters. The molecule has 0 saturated carbocycles. The van der Waals surface area contributed by atoms with E-state index in [1.54, 1.807) is 11.8 Å². The van der Waals surface area contributed by atoms with Gasteiger partial charge in [0.05, 0.1) is 11.6 Å². The Labute approximate surface area is 97.8 Å². The number of rotatable bonds is 3. The van der Waals surface area contributed by atoms with Crippen LogP contribution in [0.3, 0.4) is 0 Å². The van der Waals surface area contributed by atoms with E-state index in [4.69, 9.17) is 5.73 Å². The molecule has 1 aliphatic heterocycles. The van der Waals surface area contributed by atoms with Gasteiger partial charge in [0.25, 0.3) is 0 Å². The van der Waals surface area contributed by atoms with Crippen molar-refractivity contribution in [1.82, 2.24) is 4.90 Å². The van der Waals surface area contributed by atoms with Gasteiger partial charge in [-0.2, -0.15) is 0 Å². The van der Waals surface area contributed by atoms with Crippen LogP contribution in [0.25, 0.3) is 0 Å². The molecule has 94 valence electrons. The first kappa shape index (κ1) is 13.5. The second kappa shape index (κ2) is 5.15. The predicted molar refractivity (Wildman–Crippen MR) is 63.9 cm³/mol. The van der Waals surface area contributed by atoms with Crippen LogP contribution in [-0.4, -0.2) is 40.6 Å². The normalized spacial score (nSPS) is 28.2. The van der Waals surface area contributed by atoms with Crippen molar-refractivity contribution in [3.63, 3.8) is 0 Å². The van der Waals surface area contributed by atoms with Gasteiger partial charge in [0.15, 0.2) is 0 Å². The van der Waals surface area contributed by atoms with E-state index in [-0.39, 0.29) is 5.91 Å². The number of aliphatic hydroxyl groups is 1. The minimum atomic E-state index is -0.745. The van der Waals surface area contributed by atoms with Gasteiger partial charge in [-0.25, -0.2) is 0 Å². The maximum atomic E-state index is 12.0. The number of likely N-dealkylation sites (tertiary alicyclic amines) is 1. The maximum Gasteiger partial charge on any atom is 0.239 e. The van der Waals surface area contributed by atoms with Gasteiger partial charge in [-0.1, -0.05) is 13.8 Å². The van der Waals surface area contributed by atoms with Crippen molar-refractivity contribution in [2.24, 2.45) is 11.7 Å². The van der Waals surface area contributed by atoms with Crippen LogP contribution in [0.5, 0.6) is 0 Å². The average Bonchev–Trinajstić information content (AvgIpc) is 2.13. The molecule has 0 aromatic heterocycles. The molecule has 3 N–H and O–H groups in total. The summed E-state index contributed by atoms with van der Waals surface area (Å²) in [6.45, 7) is 7.03. The highest BCUT2D eigenvalue weighted by Crippen LogP contribution is 2.21. The fourth-order valence-electron chi connectivity index (χ4n) is 2.25. The number of β-amino-alcohol motifs (C(OH)–C–C–N with tert-alkyl or cyclic N) is 1. The SMILES string of the molecule is CC(C)C[C@H](N)C(=O)N1CCCC(C)(O)C1. The summed E-state index contributed by atoms with van der Waals surface area (Å²) >= 11 is 0. The molecule has 1 heterocycles. The number of nitrogens with two attached hydrogens (primary N) is 1. The van der Waals surface area contributed by atoms with E-state index in [0.717, 1.165) is 19.4 Å². The number of carbonyl (C=O) groups excluding carboxylic acids is 1. The van der Waals surface area contributed by atoms with Gasteiger partial charge in [0, 0.05) is 13.1 Å². The second-order valence-electron chi connectivity index (χ2n) is 5.60. The Balaban J connectivity index is 2.53. The highest BCUT2D eigenvalue weighted by molar-refractivity contribution is 5.81. The van der Waals surface area contributed by atoms with Gasteiger partial charge in [-0.05, 0) is 32.1 Å². The number of nitrogens with zero attached hydrogens (tertiary/aromatic N) is 1. The Morgan fingerprint density at radius 3 is 2.69 bits per heavy atom. The molecule has 1 rings (SSSR count). The number of piperidine rings is 1. The third-order valence-electron chi connectivity index (χ3n) is 3.03. The summed E-state index contributed by atoms with van der Waals surface area (Å²) in [7, 11) is 0. The van der Waals surface area contributed by atoms with Crippen molar-refractivity contribution in [2.45, 2.75) is 51.7 Å². The van der Waals surface area contributed by atoms with E-state index in [9.17, 15) is 9.90 Å². The fourth-order valence-corrected chi connectivity index (χ4v) is 2.25. The van der Waals surface area contributed by atoms with E-state index in [2.05, 4.69) is 13.8 Å². The molecular formula is C12H24N2O2. The summed E-state index contributed by atoms with van der Waals surface area (Å²) in [6.07, 6.45) is 2.32. The van der Waals surface area contributed by atoms with Gasteiger partial charge in [0.2, 0.25) is 5.91 Å². The molecular weight excluding hydrogens is 204 g/mol. The Bertz CT molecular complexity index is 251. The van der Waals surface area contributed by atoms with Crippen molar-refractivity contribution in [1.29, 1.82) is 0 Å². The highest BCUT2D eigenvalue weighted by Gasteiger charge is 2.32. The minimum Gasteiger partial charge on any atom is -0.388 e. The molecule has 1 amide bonds. The first-order valence-electron chi connectivity index (χ1n) is 6.08. The summed E-state index contributed by atoms with van der Waals surface area (Å²) in [5.41, 5.74) is 5.12. The van der Waals surface area contributed by atoms with Gasteiger partial charge in [-0.3, -0.25) is 4.79 Å². The van der Waals surface area contributed by atoms with Gasteiger partial charge in [0.1, 0.15) is 0 Å². The van der Waals surface area contributed by atoms with Crippen LogP contribution in [0.2, 0.25) is 0 Å². The molecule has 0 aliphatic carbocycles. The Morgan fingerprint density at radius 1 is 1.56 bits per heavy atom. The van der Waals surface area contributed by atoms with E-state index < -0.39 is 11.6 Å². The molecule has 1 saturated heterocycles. The van der Waals surface area contributed by atoms with Crippen LogP contribution in [-0.2, 0) is 4.79 Å². The second-order valence-corrected chi connectivity index (χ2v) is 5.60. The molecule has 16 heavy (non-hydrogen) atoms. The average molecular weight is 228 g/mol. The molecule has 4 heteroatoms. The van der Waals surface area contributed by atoms with Crippen molar-refractivity contribution in [3.8, 4) is 0 Å². The topological polar surface area (TPSA) is 66.6 Å². The number of amides is 1. The highest BCUT2D eigenvalue weighted by atomic mass is 16.3. The predicted octanol–water partition coefficient (Wildman–Crippen LogP) is 0.733. The van der Waals surface area contributed by atoms with Gasteiger partial charge >= 0.3 is 0 Å². The molecule has 4 nitrogen and oxygen atoms in total.